The van der Waals surface area contributed by atoms with E-state index in [1.165, 1.54) is 17.8 Å². The fourth-order valence-electron chi connectivity index (χ4n) is 3.98. The van der Waals surface area contributed by atoms with E-state index in [-0.39, 0.29) is 28.2 Å². The summed E-state index contributed by atoms with van der Waals surface area (Å²) in [5.41, 5.74) is 0.774. The maximum absolute atomic E-state index is 12.9. The molecule has 1 aromatic heterocycles. The molecule has 2 atom stereocenters. The molecule has 0 bridgehead atoms. The molecule has 0 spiro atoms. The normalized spacial score (nSPS) is 23.6. The number of fused-ring (bicyclic) bond motifs is 1. The lowest BCUT2D eigenvalue weighted by Crippen LogP contribution is -2.35. The second-order valence-electron chi connectivity index (χ2n) is 7.88. The van der Waals surface area contributed by atoms with Crippen LogP contribution < -0.4 is 10.3 Å². The molecule has 0 aliphatic carbocycles. The van der Waals surface area contributed by atoms with Crippen molar-refractivity contribution in [2.45, 2.75) is 57.1 Å². The zero-order valence-electron chi connectivity index (χ0n) is 16.4. The molecule has 4 rings (SSSR count). The summed E-state index contributed by atoms with van der Waals surface area (Å²) in [5, 5.41) is 3.43. The van der Waals surface area contributed by atoms with Crippen molar-refractivity contribution in [3.8, 4) is 5.75 Å². The zero-order valence-corrected chi connectivity index (χ0v) is 17.3. The Labute approximate surface area is 171 Å². The molecule has 6 nitrogen and oxygen atoms in total. The lowest BCUT2D eigenvalue weighted by molar-refractivity contribution is -0.0705. The van der Waals surface area contributed by atoms with Gasteiger partial charge in [-0.15, -0.1) is 0 Å². The van der Waals surface area contributed by atoms with E-state index in [2.05, 4.69) is 14.8 Å². The van der Waals surface area contributed by atoms with Gasteiger partial charge in [-0.25, -0.2) is 4.99 Å². The second-order valence-corrected chi connectivity index (χ2v) is 9.18. The summed E-state index contributed by atoms with van der Waals surface area (Å²) in [5.74, 6) is 0.681. The van der Waals surface area contributed by atoms with E-state index in [1.54, 1.807) is 12.1 Å². The van der Waals surface area contributed by atoms with Crippen molar-refractivity contribution in [3.05, 3.63) is 45.7 Å². The Bertz CT molecular complexity index is 999. The van der Waals surface area contributed by atoms with Gasteiger partial charge in [-0.05, 0) is 51.3 Å². The van der Waals surface area contributed by atoms with Crippen LogP contribution in [-0.2, 0) is 4.74 Å². The molecule has 1 aromatic carbocycles. The highest BCUT2D eigenvalue weighted by atomic mass is 32.2. The minimum atomic E-state index is -2.90. The molecule has 1 saturated heterocycles. The van der Waals surface area contributed by atoms with Gasteiger partial charge < -0.3 is 9.47 Å². The number of aliphatic imine (C=N–C) groups is 1. The Kier molecular flexibility index (Phi) is 5.29. The predicted molar refractivity (Wildman–Crippen MR) is 109 cm³/mol. The second kappa shape index (κ2) is 7.60. The number of hydrogen-bond donors (Lipinski definition) is 1. The monoisotopic (exact) mass is 423 g/mol. The summed E-state index contributed by atoms with van der Waals surface area (Å²) in [6.45, 7) is 3.67. The summed E-state index contributed by atoms with van der Waals surface area (Å²) < 4.78 is 37.4. The molecule has 2 aliphatic rings. The van der Waals surface area contributed by atoms with Gasteiger partial charge in [-0.2, -0.15) is 8.78 Å². The number of benzene rings is 1. The summed E-state index contributed by atoms with van der Waals surface area (Å²) in [6.07, 6.45) is 1.54. The van der Waals surface area contributed by atoms with Gasteiger partial charge in [0.05, 0.1) is 27.5 Å². The van der Waals surface area contributed by atoms with Crippen LogP contribution in [0, 0.1) is 0 Å². The number of nitrogens with zero attached hydrogens (tertiary/aromatic N) is 2. The number of H-pyrrole nitrogens is 1. The number of hydrogen-bond acceptors (Lipinski definition) is 5. The quantitative estimate of drug-likeness (QED) is 0.767. The van der Waals surface area contributed by atoms with Crippen molar-refractivity contribution < 1.29 is 18.3 Å². The fourth-order valence-corrected chi connectivity index (χ4v) is 5.08. The first-order valence-electron chi connectivity index (χ1n) is 9.48. The Morgan fingerprint density at radius 3 is 2.93 bits per heavy atom. The number of aromatic nitrogens is 2. The molecule has 2 unspecified atom stereocenters. The topological polar surface area (TPSA) is 68.6 Å². The lowest BCUT2D eigenvalue weighted by Gasteiger charge is -2.36. The maximum atomic E-state index is 12.9. The van der Waals surface area contributed by atoms with Crippen LogP contribution in [0.5, 0.6) is 5.75 Å². The number of nitrogens with one attached hydrogen (secondary N) is 1. The van der Waals surface area contributed by atoms with Crippen molar-refractivity contribution in [1.82, 2.24) is 9.78 Å². The third-order valence-electron chi connectivity index (χ3n) is 5.17. The van der Waals surface area contributed by atoms with Gasteiger partial charge in [0.25, 0.3) is 5.56 Å². The van der Waals surface area contributed by atoms with Gasteiger partial charge >= 0.3 is 6.61 Å². The number of ether oxygens (including phenoxy) is 2. The molecule has 0 saturated carbocycles. The van der Waals surface area contributed by atoms with Crippen LogP contribution in [0.4, 0.5) is 14.6 Å². The third kappa shape index (κ3) is 4.11. The Morgan fingerprint density at radius 2 is 2.21 bits per heavy atom. The number of rotatable bonds is 4. The Hall–Kier alpha value is -2.13. The number of thioether (sulfide) groups is 1. The molecule has 156 valence electrons. The van der Waals surface area contributed by atoms with Crippen molar-refractivity contribution in [3.63, 3.8) is 0 Å². The van der Waals surface area contributed by atoms with Gasteiger partial charge in [0.1, 0.15) is 5.75 Å². The number of aromatic amines is 1. The average Bonchev–Trinajstić information content (AvgIpc) is 2.96. The first kappa shape index (κ1) is 20.2. The molecule has 2 aliphatic heterocycles. The van der Waals surface area contributed by atoms with Gasteiger partial charge in [0.2, 0.25) is 0 Å². The summed E-state index contributed by atoms with van der Waals surface area (Å²) in [7, 11) is 0. The smallest absolute Gasteiger partial charge is 0.387 e. The zero-order chi connectivity index (χ0) is 20.8. The Balaban J connectivity index is 1.75. The fraction of sp³-hybridized carbons (Fsp3) is 0.500. The highest BCUT2D eigenvalue weighted by Gasteiger charge is 2.35. The SMILES string of the molecule is CC1=Nc2c(c(=O)[nH]n2C2CCOC(C)(C)C2)C(c2cccc(OC(F)F)c2)S1. The van der Waals surface area contributed by atoms with Crippen LogP contribution in [-0.4, -0.2) is 33.6 Å². The van der Waals surface area contributed by atoms with Crippen LogP contribution >= 0.6 is 11.8 Å². The molecule has 0 amide bonds. The molecule has 29 heavy (non-hydrogen) atoms. The minimum absolute atomic E-state index is 0.0712. The van der Waals surface area contributed by atoms with Crippen LogP contribution in [0.3, 0.4) is 0 Å². The third-order valence-corrected chi connectivity index (χ3v) is 6.35. The standard InChI is InChI=1S/C20H23F2N3O3S/c1-11-23-17-15(16(29-11)12-5-4-6-14(9-12)28-19(21)22)18(26)24-25(17)13-7-8-27-20(2,3)10-13/h4-6,9,13,16,19H,7-8,10H2,1-3H3,(H,24,26). The van der Waals surface area contributed by atoms with E-state index in [9.17, 15) is 13.6 Å². The van der Waals surface area contributed by atoms with E-state index < -0.39 is 6.61 Å². The van der Waals surface area contributed by atoms with Crippen LogP contribution in [0.1, 0.15) is 56.0 Å². The summed E-state index contributed by atoms with van der Waals surface area (Å²) >= 11 is 1.43. The summed E-state index contributed by atoms with van der Waals surface area (Å²) in [6, 6.07) is 6.57. The van der Waals surface area contributed by atoms with Gasteiger partial charge in [-0.3, -0.25) is 14.6 Å². The molecule has 0 radical (unpaired) electrons. The average molecular weight is 423 g/mol. The molecule has 9 heteroatoms. The molecule has 2 aromatic rings. The highest BCUT2D eigenvalue weighted by Crippen LogP contribution is 2.46. The molecule has 1 N–H and O–H groups in total. The molecule has 3 heterocycles. The van der Waals surface area contributed by atoms with Gasteiger partial charge in [0, 0.05) is 6.61 Å². The Morgan fingerprint density at radius 1 is 1.41 bits per heavy atom. The maximum Gasteiger partial charge on any atom is 0.387 e. The van der Waals surface area contributed by atoms with Crippen LogP contribution in [0.2, 0.25) is 0 Å². The molecular formula is C20H23F2N3O3S. The summed E-state index contributed by atoms with van der Waals surface area (Å²) in [4.78, 5) is 17.6. The number of alkyl halides is 2. The van der Waals surface area contributed by atoms with Crippen molar-refractivity contribution in [1.29, 1.82) is 0 Å². The van der Waals surface area contributed by atoms with Gasteiger partial charge in [-0.1, -0.05) is 23.9 Å². The van der Waals surface area contributed by atoms with Crippen molar-refractivity contribution >= 4 is 22.6 Å². The number of halogens is 2. The van der Waals surface area contributed by atoms with Crippen LogP contribution in [0.25, 0.3) is 0 Å². The van der Waals surface area contributed by atoms with Crippen molar-refractivity contribution in [2.75, 3.05) is 6.61 Å². The molecule has 1 fully saturated rings. The molecular weight excluding hydrogens is 400 g/mol. The van der Waals surface area contributed by atoms with E-state index in [4.69, 9.17) is 4.74 Å². The van der Waals surface area contributed by atoms with Gasteiger partial charge in [0.15, 0.2) is 5.82 Å². The first-order valence-corrected chi connectivity index (χ1v) is 10.4. The lowest BCUT2D eigenvalue weighted by atomic mass is 9.94. The first-order chi connectivity index (χ1) is 13.7. The van der Waals surface area contributed by atoms with E-state index in [1.807, 2.05) is 31.5 Å². The minimum Gasteiger partial charge on any atom is -0.435 e. The highest BCUT2D eigenvalue weighted by molar-refractivity contribution is 8.14. The predicted octanol–water partition coefficient (Wildman–Crippen LogP) is 4.79. The van der Waals surface area contributed by atoms with Crippen molar-refractivity contribution in [2.24, 2.45) is 4.99 Å². The van der Waals surface area contributed by atoms with Crippen LogP contribution in [0.15, 0.2) is 34.1 Å². The van der Waals surface area contributed by atoms with E-state index in [0.29, 0.717) is 18.0 Å². The van der Waals surface area contributed by atoms with E-state index >= 15 is 0 Å². The largest absolute Gasteiger partial charge is 0.435 e. The van der Waals surface area contributed by atoms with E-state index in [0.717, 1.165) is 23.4 Å².